The lowest BCUT2D eigenvalue weighted by Gasteiger charge is -2.14. The summed E-state index contributed by atoms with van der Waals surface area (Å²) in [5.41, 5.74) is 2.52. The number of halogens is 1. The molecule has 0 atom stereocenters. The quantitative estimate of drug-likeness (QED) is 0.853. The molecular weight excluding hydrogens is 290 g/mol. The smallest absolute Gasteiger partial charge is 0.275 e. The molecule has 2 N–H and O–H groups in total. The van der Waals surface area contributed by atoms with Crippen LogP contribution in [0.2, 0.25) is 5.02 Å². The summed E-state index contributed by atoms with van der Waals surface area (Å²) in [6, 6.07) is 3.44. The topological polar surface area (TPSA) is 67.2 Å². The van der Waals surface area contributed by atoms with Crippen molar-refractivity contribution in [1.29, 1.82) is 0 Å². The number of amides is 1. The number of nitrogens with zero attached hydrogens (tertiary/aromatic N) is 2. The third-order valence-corrected chi connectivity index (χ3v) is 3.63. The van der Waals surface area contributed by atoms with Gasteiger partial charge in [0.15, 0.2) is 0 Å². The average Bonchev–Trinajstić information content (AvgIpc) is 2.71. The van der Waals surface area contributed by atoms with Gasteiger partial charge < -0.3 is 10.4 Å². The summed E-state index contributed by atoms with van der Waals surface area (Å²) in [6.07, 6.45) is 1.43. The van der Waals surface area contributed by atoms with E-state index in [-0.39, 0.29) is 17.6 Å². The van der Waals surface area contributed by atoms with Gasteiger partial charge in [-0.3, -0.25) is 9.48 Å². The number of hydrogen-bond donors (Lipinski definition) is 2. The SMILES string of the molecule is Cc1cc(O)c(C(C)C)cc1NC(=O)c1c(Cl)cnn1C. The van der Waals surface area contributed by atoms with Gasteiger partial charge in [-0.25, -0.2) is 0 Å². The van der Waals surface area contributed by atoms with Crippen molar-refractivity contribution in [2.75, 3.05) is 5.32 Å². The number of carbonyl (C=O) groups is 1. The molecule has 5 nitrogen and oxygen atoms in total. The lowest BCUT2D eigenvalue weighted by molar-refractivity contribution is 0.101. The van der Waals surface area contributed by atoms with E-state index >= 15 is 0 Å². The zero-order valence-corrected chi connectivity index (χ0v) is 13.2. The first-order chi connectivity index (χ1) is 9.81. The minimum absolute atomic E-state index is 0.154. The van der Waals surface area contributed by atoms with Crippen LogP contribution in [-0.2, 0) is 7.05 Å². The maximum Gasteiger partial charge on any atom is 0.275 e. The molecular formula is C15H18ClN3O2. The minimum Gasteiger partial charge on any atom is -0.508 e. The van der Waals surface area contributed by atoms with Crippen molar-refractivity contribution in [3.63, 3.8) is 0 Å². The number of anilines is 1. The largest absolute Gasteiger partial charge is 0.508 e. The predicted octanol–water partition coefficient (Wildman–Crippen LogP) is 3.46. The number of benzene rings is 1. The van der Waals surface area contributed by atoms with Gasteiger partial charge in [-0.05, 0) is 36.1 Å². The van der Waals surface area contributed by atoms with Crippen LogP contribution in [0.5, 0.6) is 5.75 Å². The summed E-state index contributed by atoms with van der Waals surface area (Å²) in [5, 5.41) is 17.0. The fourth-order valence-corrected chi connectivity index (χ4v) is 2.41. The highest BCUT2D eigenvalue weighted by Gasteiger charge is 2.18. The van der Waals surface area contributed by atoms with Crippen molar-refractivity contribution in [3.05, 3.63) is 40.2 Å². The Labute approximate surface area is 128 Å². The van der Waals surface area contributed by atoms with E-state index in [0.29, 0.717) is 16.4 Å². The first-order valence-corrected chi connectivity index (χ1v) is 7.01. The Morgan fingerprint density at radius 2 is 2.10 bits per heavy atom. The van der Waals surface area contributed by atoms with Gasteiger partial charge in [0.2, 0.25) is 0 Å². The summed E-state index contributed by atoms with van der Waals surface area (Å²) in [4.78, 5) is 12.3. The van der Waals surface area contributed by atoms with Gasteiger partial charge >= 0.3 is 0 Å². The van der Waals surface area contributed by atoms with E-state index in [1.54, 1.807) is 19.2 Å². The van der Waals surface area contributed by atoms with E-state index in [2.05, 4.69) is 10.4 Å². The third kappa shape index (κ3) is 3.03. The fraction of sp³-hybridized carbons (Fsp3) is 0.333. The summed E-state index contributed by atoms with van der Waals surface area (Å²) < 4.78 is 1.43. The van der Waals surface area contributed by atoms with Crippen LogP contribution in [0.25, 0.3) is 0 Å². The van der Waals surface area contributed by atoms with Crippen molar-refractivity contribution < 1.29 is 9.90 Å². The molecule has 0 saturated heterocycles. The van der Waals surface area contributed by atoms with Crippen molar-refractivity contribution in [3.8, 4) is 5.75 Å². The highest BCUT2D eigenvalue weighted by molar-refractivity contribution is 6.34. The molecule has 0 aliphatic carbocycles. The standard InChI is InChI=1S/C15H18ClN3O2/c1-8(2)10-6-12(9(3)5-13(10)20)18-15(21)14-11(16)7-17-19(14)4/h5-8,20H,1-4H3,(H,18,21). The molecule has 112 valence electrons. The highest BCUT2D eigenvalue weighted by atomic mass is 35.5. The van der Waals surface area contributed by atoms with Crippen molar-refractivity contribution >= 4 is 23.2 Å². The number of aromatic nitrogens is 2. The van der Waals surface area contributed by atoms with Gasteiger partial charge in [0.05, 0.1) is 11.2 Å². The van der Waals surface area contributed by atoms with Crippen molar-refractivity contribution in [2.24, 2.45) is 7.05 Å². The molecule has 0 fully saturated rings. The Morgan fingerprint density at radius 3 is 2.62 bits per heavy atom. The van der Waals surface area contributed by atoms with Crippen LogP contribution in [0, 0.1) is 6.92 Å². The lowest BCUT2D eigenvalue weighted by Crippen LogP contribution is -2.17. The monoisotopic (exact) mass is 307 g/mol. The van der Waals surface area contributed by atoms with Gasteiger partial charge in [-0.15, -0.1) is 0 Å². The molecule has 0 aliphatic rings. The van der Waals surface area contributed by atoms with Gasteiger partial charge in [0.25, 0.3) is 5.91 Å². The molecule has 2 rings (SSSR count). The number of aryl methyl sites for hydroxylation is 2. The number of carbonyl (C=O) groups excluding carboxylic acids is 1. The summed E-state index contributed by atoms with van der Waals surface area (Å²) >= 11 is 5.97. The van der Waals surface area contributed by atoms with E-state index in [1.807, 2.05) is 20.8 Å². The van der Waals surface area contributed by atoms with Crippen LogP contribution in [0.3, 0.4) is 0 Å². The molecule has 0 saturated carbocycles. The normalized spacial score (nSPS) is 11.0. The average molecular weight is 308 g/mol. The highest BCUT2D eigenvalue weighted by Crippen LogP contribution is 2.31. The zero-order chi connectivity index (χ0) is 15.7. The number of aromatic hydroxyl groups is 1. The molecule has 1 aromatic heterocycles. The summed E-state index contributed by atoms with van der Waals surface area (Å²) in [5.74, 6) is 0.0594. The van der Waals surface area contributed by atoms with Gasteiger partial charge in [0, 0.05) is 12.7 Å². The molecule has 21 heavy (non-hydrogen) atoms. The first-order valence-electron chi connectivity index (χ1n) is 6.63. The lowest BCUT2D eigenvalue weighted by atomic mass is 9.99. The van der Waals surface area contributed by atoms with Crippen LogP contribution in [-0.4, -0.2) is 20.8 Å². The molecule has 1 heterocycles. The molecule has 0 radical (unpaired) electrons. The van der Waals surface area contributed by atoms with Gasteiger partial charge in [-0.2, -0.15) is 5.10 Å². The summed E-state index contributed by atoms with van der Waals surface area (Å²) in [6.45, 7) is 5.78. The van der Waals surface area contributed by atoms with Crippen LogP contribution < -0.4 is 5.32 Å². The minimum atomic E-state index is -0.330. The maximum atomic E-state index is 12.3. The van der Waals surface area contributed by atoms with Crippen LogP contribution in [0.4, 0.5) is 5.69 Å². The third-order valence-electron chi connectivity index (χ3n) is 3.35. The Kier molecular flexibility index (Phi) is 4.23. The second-order valence-corrected chi connectivity index (χ2v) is 5.71. The van der Waals surface area contributed by atoms with E-state index in [4.69, 9.17) is 11.6 Å². The Morgan fingerprint density at radius 1 is 1.43 bits per heavy atom. The summed E-state index contributed by atoms with van der Waals surface area (Å²) in [7, 11) is 1.66. The molecule has 0 spiro atoms. The molecule has 1 aromatic carbocycles. The fourth-order valence-electron chi connectivity index (χ4n) is 2.15. The number of nitrogens with one attached hydrogen (secondary N) is 1. The number of hydrogen-bond acceptors (Lipinski definition) is 3. The second kappa shape index (κ2) is 5.77. The van der Waals surface area contributed by atoms with Crippen LogP contribution in [0.1, 0.15) is 41.4 Å². The Balaban J connectivity index is 2.36. The van der Waals surface area contributed by atoms with E-state index in [1.165, 1.54) is 10.9 Å². The number of phenolic OH excluding ortho intramolecular Hbond substituents is 1. The molecule has 2 aromatic rings. The predicted molar refractivity (Wildman–Crippen MR) is 83.1 cm³/mol. The molecule has 0 bridgehead atoms. The molecule has 6 heteroatoms. The number of rotatable bonds is 3. The van der Waals surface area contributed by atoms with Gasteiger partial charge in [0.1, 0.15) is 11.4 Å². The Bertz CT molecular complexity index is 673. The molecule has 1 amide bonds. The van der Waals surface area contributed by atoms with E-state index < -0.39 is 0 Å². The van der Waals surface area contributed by atoms with E-state index in [9.17, 15) is 9.90 Å². The van der Waals surface area contributed by atoms with Crippen LogP contribution in [0.15, 0.2) is 18.3 Å². The zero-order valence-electron chi connectivity index (χ0n) is 12.4. The Hall–Kier alpha value is -2.01. The molecule has 0 aliphatic heterocycles. The van der Waals surface area contributed by atoms with Crippen molar-refractivity contribution in [1.82, 2.24) is 9.78 Å². The van der Waals surface area contributed by atoms with Crippen LogP contribution >= 0.6 is 11.6 Å². The number of phenols is 1. The van der Waals surface area contributed by atoms with E-state index in [0.717, 1.165) is 11.1 Å². The van der Waals surface area contributed by atoms with Crippen molar-refractivity contribution in [2.45, 2.75) is 26.7 Å². The first kappa shape index (κ1) is 15.4. The van der Waals surface area contributed by atoms with Gasteiger partial charge in [-0.1, -0.05) is 25.4 Å². The molecule has 0 unspecified atom stereocenters. The second-order valence-electron chi connectivity index (χ2n) is 5.30. The maximum absolute atomic E-state index is 12.3.